The quantitative estimate of drug-likeness (QED) is 0.171. The topological polar surface area (TPSA) is 44.9 Å². The summed E-state index contributed by atoms with van der Waals surface area (Å²) in [5.41, 5.74) is 12.9. The molecule has 254 valence electrons. The van der Waals surface area contributed by atoms with E-state index in [1.165, 1.54) is 49.8 Å². The number of ether oxygens (including phenoxy) is 1. The second kappa shape index (κ2) is 12.6. The van der Waals surface area contributed by atoms with E-state index in [9.17, 15) is 0 Å². The fraction of sp³-hybridized carbons (Fsp3) is 0.289. The van der Waals surface area contributed by atoms with Crippen LogP contribution in [0.1, 0.15) is 93.9 Å². The molecule has 7 aromatic rings. The van der Waals surface area contributed by atoms with Crippen molar-refractivity contribution in [2.24, 2.45) is 0 Å². The third-order valence-corrected chi connectivity index (χ3v) is 9.92. The molecule has 4 aromatic carbocycles. The summed E-state index contributed by atoms with van der Waals surface area (Å²) in [6.45, 7) is 22.2. The van der Waals surface area contributed by atoms with Crippen LogP contribution < -0.4 is 4.74 Å². The van der Waals surface area contributed by atoms with Crippen molar-refractivity contribution in [2.75, 3.05) is 0 Å². The van der Waals surface area contributed by atoms with E-state index in [2.05, 4.69) is 169 Å². The highest BCUT2D eigenvalue weighted by Gasteiger charge is 2.24. The normalized spacial score (nSPS) is 12.2. The first-order valence-electron chi connectivity index (χ1n) is 17.8. The number of pyridine rings is 1. The van der Waals surface area contributed by atoms with Gasteiger partial charge < -0.3 is 4.74 Å². The Balaban J connectivity index is 1.37. The molecule has 7 rings (SSSR count). The van der Waals surface area contributed by atoms with Crippen LogP contribution in [-0.2, 0) is 5.41 Å². The molecule has 0 unspecified atom stereocenters. The maximum absolute atomic E-state index is 6.79. The SMILES string of the molecule is Cc1cccc(C)c1-c1c(C)nn(-c2cc(Oc3ccc4c5ccccc5n(-c5cc(C(C)(C)C)ccn5)c4c3)cc(C(C)C)c2)c1C(C)C. The van der Waals surface area contributed by atoms with Gasteiger partial charge in [-0.3, -0.25) is 4.57 Å². The van der Waals surface area contributed by atoms with E-state index in [1.807, 2.05) is 6.20 Å². The second-order valence-corrected chi connectivity index (χ2v) is 15.4. The lowest BCUT2D eigenvalue weighted by atomic mass is 9.88. The van der Waals surface area contributed by atoms with Gasteiger partial charge in [-0.1, -0.05) is 84.9 Å². The number of hydrogen-bond acceptors (Lipinski definition) is 3. The zero-order chi connectivity index (χ0) is 35.5. The molecular formula is C45H48N4O. The molecule has 0 N–H and O–H groups in total. The summed E-state index contributed by atoms with van der Waals surface area (Å²) in [6, 6.07) is 32.4. The maximum Gasteiger partial charge on any atom is 0.137 e. The first-order chi connectivity index (χ1) is 23.8. The van der Waals surface area contributed by atoms with Crippen molar-refractivity contribution >= 4 is 21.8 Å². The molecule has 0 aliphatic carbocycles. The smallest absolute Gasteiger partial charge is 0.137 e. The molecule has 0 fully saturated rings. The third kappa shape index (κ3) is 5.89. The molecule has 3 aromatic heterocycles. The molecule has 0 radical (unpaired) electrons. The summed E-state index contributed by atoms with van der Waals surface area (Å²) >= 11 is 0. The van der Waals surface area contributed by atoms with Crippen LogP contribution in [0.15, 0.2) is 97.2 Å². The fourth-order valence-electron chi connectivity index (χ4n) is 7.32. The summed E-state index contributed by atoms with van der Waals surface area (Å²) in [6.07, 6.45) is 1.92. The van der Waals surface area contributed by atoms with Gasteiger partial charge in [0.1, 0.15) is 17.3 Å². The zero-order valence-corrected chi connectivity index (χ0v) is 31.1. The molecule has 5 heteroatoms. The predicted octanol–water partition coefficient (Wildman–Crippen LogP) is 12.3. The van der Waals surface area contributed by atoms with Crippen LogP contribution in [0.2, 0.25) is 0 Å². The summed E-state index contributed by atoms with van der Waals surface area (Å²) < 4.78 is 11.2. The van der Waals surface area contributed by atoms with Gasteiger partial charge in [-0.25, -0.2) is 9.67 Å². The Morgan fingerprint density at radius 3 is 2.08 bits per heavy atom. The van der Waals surface area contributed by atoms with Crippen molar-refractivity contribution in [1.82, 2.24) is 19.3 Å². The van der Waals surface area contributed by atoms with E-state index in [0.29, 0.717) is 5.92 Å². The van der Waals surface area contributed by atoms with Gasteiger partial charge in [0.25, 0.3) is 0 Å². The third-order valence-electron chi connectivity index (χ3n) is 9.92. The van der Waals surface area contributed by atoms with Crippen LogP contribution in [0.3, 0.4) is 0 Å². The van der Waals surface area contributed by atoms with Gasteiger partial charge in [0, 0.05) is 34.7 Å². The van der Waals surface area contributed by atoms with Gasteiger partial charge in [-0.2, -0.15) is 5.10 Å². The van der Waals surface area contributed by atoms with Crippen LogP contribution in [0.5, 0.6) is 11.5 Å². The van der Waals surface area contributed by atoms with Gasteiger partial charge in [0.05, 0.1) is 28.1 Å². The number of aromatic nitrogens is 4. The molecule has 0 amide bonds. The van der Waals surface area contributed by atoms with Crippen LogP contribution >= 0.6 is 0 Å². The Bertz CT molecular complexity index is 2360. The second-order valence-electron chi connectivity index (χ2n) is 15.4. The van der Waals surface area contributed by atoms with Gasteiger partial charge in [0.15, 0.2) is 0 Å². The van der Waals surface area contributed by atoms with Crippen molar-refractivity contribution < 1.29 is 4.74 Å². The molecular weight excluding hydrogens is 613 g/mol. The Labute approximate surface area is 296 Å². The van der Waals surface area contributed by atoms with Crippen molar-refractivity contribution in [2.45, 2.75) is 86.5 Å². The molecule has 0 saturated carbocycles. The van der Waals surface area contributed by atoms with Crippen molar-refractivity contribution in [1.29, 1.82) is 0 Å². The highest BCUT2D eigenvalue weighted by Crippen LogP contribution is 2.40. The highest BCUT2D eigenvalue weighted by atomic mass is 16.5. The Morgan fingerprint density at radius 1 is 0.660 bits per heavy atom. The van der Waals surface area contributed by atoms with Crippen molar-refractivity contribution in [3.63, 3.8) is 0 Å². The van der Waals surface area contributed by atoms with E-state index < -0.39 is 0 Å². The summed E-state index contributed by atoms with van der Waals surface area (Å²) in [4.78, 5) is 4.86. The highest BCUT2D eigenvalue weighted by molar-refractivity contribution is 6.09. The predicted molar refractivity (Wildman–Crippen MR) is 209 cm³/mol. The average Bonchev–Trinajstić information content (AvgIpc) is 3.59. The molecule has 0 bridgehead atoms. The summed E-state index contributed by atoms with van der Waals surface area (Å²) in [7, 11) is 0. The van der Waals surface area contributed by atoms with Crippen LogP contribution in [0.25, 0.3) is 44.4 Å². The van der Waals surface area contributed by atoms with Crippen LogP contribution in [0, 0.1) is 20.8 Å². The zero-order valence-electron chi connectivity index (χ0n) is 31.1. The fourth-order valence-corrected chi connectivity index (χ4v) is 7.32. The molecule has 50 heavy (non-hydrogen) atoms. The minimum Gasteiger partial charge on any atom is -0.457 e. The maximum atomic E-state index is 6.79. The van der Waals surface area contributed by atoms with Crippen LogP contribution in [0.4, 0.5) is 0 Å². The molecule has 0 aliphatic heterocycles. The summed E-state index contributed by atoms with van der Waals surface area (Å²) in [5.74, 6) is 3.03. The number of hydrogen-bond donors (Lipinski definition) is 0. The number of aryl methyl sites for hydroxylation is 3. The average molecular weight is 661 g/mol. The number of rotatable bonds is 7. The van der Waals surface area contributed by atoms with E-state index in [1.54, 1.807) is 0 Å². The first kappa shape index (κ1) is 33.3. The lowest BCUT2D eigenvalue weighted by molar-refractivity contribution is 0.481. The number of fused-ring (bicyclic) bond motifs is 3. The molecule has 0 spiro atoms. The summed E-state index contributed by atoms with van der Waals surface area (Å²) in [5, 5.41) is 7.55. The Kier molecular flexibility index (Phi) is 8.42. The van der Waals surface area contributed by atoms with E-state index in [4.69, 9.17) is 14.8 Å². The van der Waals surface area contributed by atoms with Gasteiger partial charge in [-0.15, -0.1) is 0 Å². The lowest BCUT2D eigenvalue weighted by Crippen LogP contribution is -2.12. The van der Waals surface area contributed by atoms with Gasteiger partial charge in [-0.05, 0) is 108 Å². The minimum absolute atomic E-state index is 0.00588. The molecule has 0 aliphatic rings. The first-order valence-corrected chi connectivity index (χ1v) is 17.8. The number of para-hydroxylation sites is 1. The minimum atomic E-state index is 0.00588. The largest absolute Gasteiger partial charge is 0.457 e. The van der Waals surface area contributed by atoms with Crippen LogP contribution in [-0.4, -0.2) is 19.3 Å². The van der Waals surface area contributed by atoms with Crippen molar-refractivity contribution in [3.8, 4) is 34.1 Å². The molecule has 0 saturated heterocycles. The standard InChI is InChI=1S/C45H48N4O/c1-27(2)32-22-34(49-44(28(3)4)43(31(7)47-49)42-29(5)14-13-15-30(42)6)25-36(23-32)50-35-18-19-38-37-16-11-12-17-39(37)48(40(38)26-35)41-24-33(20-21-46-41)45(8,9)10/h11-28H,1-10H3. The van der Waals surface area contributed by atoms with E-state index >= 15 is 0 Å². The molecule has 0 atom stereocenters. The van der Waals surface area contributed by atoms with E-state index in [0.717, 1.165) is 39.7 Å². The molecule has 5 nitrogen and oxygen atoms in total. The van der Waals surface area contributed by atoms with Crippen molar-refractivity contribution in [3.05, 3.63) is 131 Å². The lowest BCUT2D eigenvalue weighted by Gasteiger charge is -2.20. The number of benzene rings is 4. The van der Waals surface area contributed by atoms with E-state index in [-0.39, 0.29) is 11.3 Å². The number of nitrogens with zero attached hydrogens (tertiary/aromatic N) is 4. The Morgan fingerprint density at radius 2 is 1.38 bits per heavy atom. The van der Waals surface area contributed by atoms with Gasteiger partial charge in [0.2, 0.25) is 0 Å². The molecule has 3 heterocycles. The van der Waals surface area contributed by atoms with Gasteiger partial charge >= 0.3 is 0 Å². The Hall–Kier alpha value is -5.16. The monoisotopic (exact) mass is 660 g/mol.